The van der Waals surface area contributed by atoms with Gasteiger partial charge in [-0.1, -0.05) is 31.0 Å². The van der Waals surface area contributed by atoms with E-state index in [-0.39, 0.29) is 17.9 Å². The van der Waals surface area contributed by atoms with Gasteiger partial charge in [0.1, 0.15) is 5.75 Å². The fraction of sp³-hybridized carbons (Fsp3) is 0.391. The smallest absolute Gasteiger partial charge is 0.255 e. The maximum Gasteiger partial charge on any atom is 0.255 e. The highest BCUT2D eigenvalue weighted by Gasteiger charge is 2.19. The second-order valence-corrected chi connectivity index (χ2v) is 7.40. The van der Waals surface area contributed by atoms with Crippen LogP contribution >= 0.6 is 0 Å². The van der Waals surface area contributed by atoms with Crippen LogP contribution in [0.4, 0.5) is 5.69 Å². The van der Waals surface area contributed by atoms with Gasteiger partial charge in [-0.2, -0.15) is 0 Å². The molecular weight excluding hydrogens is 352 g/mol. The summed E-state index contributed by atoms with van der Waals surface area (Å²) in [6.45, 7) is 5.46. The van der Waals surface area contributed by atoms with Gasteiger partial charge in [0.15, 0.2) is 0 Å². The summed E-state index contributed by atoms with van der Waals surface area (Å²) >= 11 is 0. The fourth-order valence-corrected chi connectivity index (χ4v) is 3.37. The number of carbonyl (C=O) groups is 2. The molecule has 0 aliphatic carbocycles. The highest BCUT2D eigenvalue weighted by Crippen LogP contribution is 2.25. The van der Waals surface area contributed by atoms with E-state index in [4.69, 9.17) is 4.74 Å². The average Bonchev–Trinajstić information content (AvgIpc) is 2.98. The third-order valence-corrected chi connectivity index (χ3v) is 4.76. The lowest BCUT2D eigenvalue weighted by molar-refractivity contribution is 0.0761. The number of likely N-dealkylation sites (tertiary alicyclic amines) is 1. The van der Waals surface area contributed by atoms with Crippen LogP contribution < -0.4 is 10.1 Å². The van der Waals surface area contributed by atoms with Gasteiger partial charge < -0.3 is 15.0 Å². The second kappa shape index (κ2) is 9.40. The van der Waals surface area contributed by atoms with Gasteiger partial charge in [-0.05, 0) is 57.0 Å². The molecule has 1 N–H and O–H groups in total. The molecule has 0 aromatic heterocycles. The quantitative estimate of drug-likeness (QED) is 0.815. The Balaban J connectivity index is 1.75. The van der Waals surface area contributed by atoms with E-state index in [1.165, 1.54) is 12.8 Å². The van der Waals surface area contributed by atoms with E-state index in [2.05, 4.69) is 5.32 Å². The molecule has 5 nitrogen and oxygen atoms in total. The van der Waals surface area contributed by atoms with Gasteiger partial charge >= 0.3 is 0 Å². The summed E-state index contributed by atoms with van der Waals surface area (Å²) < 4.78 is 5.76. The molecule has 0 saturated carbocycles. The predicted octanol–water partition coefficient (Wildman–Crippen LogP) is 4.74. The Morgan fingerprint density at radius 3 is 2.32 bits per heavy atom. The monoisotopic (exact) mass is 380 g/mol. The summed E-state index contributed by atoms with van der Waals surface area (Å²) in [5, 5.41) is 2.90. The first-order chi connectivity index (χ1) is 13.5. The maximum absolute atomic E-state index is 12.8. The van der Waals surface area contributed by atoms with Gasteiger partial charge in [0, 0.05) is 24.2 Å². The van der Waals surface area contributed by atoms with E-state index in [1.807, 2.05) is 43.0 Å². The van der Waals surface area contributed by atoms with Crippen molar-refractivity contribution in [1.82, 2.24) is 4.90 Å². The van der Waals surface area contributed by atoms with Gasteiger partial charge in [-0.15, -0.1) is 0 Å². The van der Waals surface area contributed by atoms with E-state index in [0.717, 1.165) is 25.9 Å². The van der Waals surface area contributed by atoms with Gasteiger partial charge in [-0.3, -0.25) is 9.59 Å². The zero-order valence-corrected chi connectivity index (χ0v) is 16.6. The van der Waals surface area contributed by atoms with Crippen LogP contribution in [0, 0.1) is 0 Å². The molecule has 0 spiro atoms. The molecule has 0 unspecified atom stereocenters. The molecule has 148 valence electrons. The van der Waals surface area contributed by atoms with Crippen LogP contribution in [0.5, 0.6) is 5.75 Å². The topological polar surface area (TPSA) is 58.6 Å². The zero-order valence-electron chi connectivity index (χ0n) is 16.6. The first-order valence-electron chi connectivity index (χ1n) is 10.0. The molecule has 3 rings (SSSR count). The summed E-state index contributed by atoms with van der Waals surface area (Å²) in [6, 6.07) is 14.3. The largest absolute Gasteiger partial charge is 0.489 e. The number of nitrogens with one attached hydrogen (secondary N) is 1. The Morgan fingerprint density at radius 2 is 1.61 bits per heavy atom. The molecule has 2 aromatic carbocycles. The van der Waals surface area contributed by atoms with Crippen molar-refractivity contribution in [3.8, 4) is 5.75 Å². The molecule has 0 atom stereocenters. The molecule has 1 saturated heterocycles. The van der Waals surface area contributed by atoms with Crippen LogP contribution in [0.1, 0.15) is 60.2 Å². The number of rotatable bonds is 5. The Kier molecular flexibility index (Phi) is 6.69. The Bertz CT molecular complexity index is 824. The fourth-order valence-electron chi connectivity index (χ4n) is 3.37. The standard InChI is InChI=1S/C23H28N2O3/c1-17(2)28-21-13-6-5-12-20(21)24-22(26)18-10-9-11-19(16-18)23(27)25-14-7-3-4-8-15-25/h5-6,9-13,16-17H,3-4,7-8,14-15H2,1-2H3,(H,24,26). The number of benzene rings is 2. The van der Waals surface area contributed by atoms with E-state index < -0.39 is 0 Å². The minimum absolute atomic E-state index is 0.0000845. The van der Waals surface area contributed by atoms with E-state index in [1.54, 1.807) is 24.3 Å². The number of anilines is 1. The van der Waals surface area contributed by atoms with Gasteiger partial charge in [-0.25, -0.2) is 0 Å². The molecular formula is C23H28N2O3. The van der Waals surface area contributed by atoms with Gasteiger partial charge in [0.2, 0.25) is 0 Å². The average molecular weight is 380 g/mol. The summed E-state index contributed by atoms with van der Waals surface area (Å²) in [4.78, 5) is 27.5. The lowest BCUT2D eigenvalue weighted by Gasteiger charge is -2.20. The molecule has 1 fully saturated rings. The molecule has 5 heteroatoms. The highest BCUT2D eigenvalue weighted by molar-refractivity contribution is 6.06. The predicted molar refractivity (Wildman–Crippen MR) is 111 cm³/mol. The summed E-state index contributed by atoms with van der Waals surface area (Å²) in [5.74, 6) is 0.369. The molecule has 0 radical (unpaired) electrons. The van der Waals surface area contributed by atoms with Crippen molar-refractivity contribution in [2.75, 3.05) is 18.4 Å². The molecule has 1 heterocycles. The number of para-hydroxylation sites is 2. The molecule has 0 bridgehead atoms. The van der Waals surface area contributed by atoms with Gasteiger partial charge in [0.05, 0.1) is 11.8 Å². The molecule has 1 aliphatic rings. The molecule has 28 heavy (non-hydrogen) atoms. The SMILES string of the molecule is CC(C)Oc1ccccc1NC(=O)c1cccc(C(=O)N2CCCCCC2)c1. The van der Waals surface area contributed by atoms with Gasteiger partial charge in [0.25, 0.3) is 11.8 Å². The van der Waals surface area contributed by atoms with Crippen molar-refractivity contribution in [2.24, 2.45) is 0 Å². The number of carbonyl (C=O) groups excluding carboxylic acids is 2. The van der Waals surface area contributed by atoms with E-state index >= 15 is 0 Å². The van der Waals surface area contributed by atoms with Crippen molar-refractivity contribution < 1.29 is 14.3 Å². The lowest BCUT2D eigenvalue weighted by Crippen LogP contribution is -2.32. The minimum Gasteiger partial charge on any atom is -0.489 e. The van der Waals surface area contributed by atoms with Crippen LogP contribution in [0.2, 0.25) is 0 Å². The number of hydrogen-bond donors (Lipinski definition) is 1. The third-order valence-electron chi connectivity index (χ3n) is 4.76. The number of ether oxygens (including phenoxy) is 1. The normalized spacial score (nSPS) is 14.5. The highest BCUT2D eigenvalue weighted by atomic mass is 16.5. The second-order valence-electron chi connectivity index (χ2n) is 7.40. The van der Waals surface area contributed by atoms with Crippen LogP contribution in [-0.4, -0.2) is 35.9 Å². The van der Waals surface area contributed by atoms with Crippen molar-refractivity contribution in [1.29, 1.82) is 0 Å². The van der Waals surface area contributed by atoms with Crippen molar-refractivity contribution >= 4 is 17.5 Å². The zero-order chi connectivity index (χ0) is 19.9. The van der Waals surface area contributed by atoms with Crippen LogP contribution in [0.25, 0.3) is 0 Å². The first kappa shape index (κ1) is 19.9. The van der Waals surface area contributed by atoms with E-state index in [0.29, 0.717) is 22.6 Å². The van der Waals surface area contributed by atoms with Crippen molar-refractivity contribution in [3.63, 3.8) is 0 Å². The van der Waals surface area contributed by atoms with Crippen LogP contribution in [-0.2, 0) is 0 Å². The summed E-state index contributed by atoms with van der Waals surface area (Å²) in [6.07, 6.45) is 4.43. The summed E-state index contributed by atoms with van der Waals surface area (Å²) in [5.41, 5.74) is 1.63. The molecule has 2 aromatic rings. The summed E-state index contributed by atoms with van der Waals surface area (Å²) in [7, 11) is 0. The number of nitrogens with zero attached hydrogens (tertiary/aromatic N) is 1. The Labute approximate surface area is 166 Å². The molecule has 1 aliphatic heterocycles. The van der Waals surface area contributed by atoms with Crippen molar-refractivity contribution in [2.45, 2.75) is 45.6 Å². The maximum atomic E-state index is 12.8. The van der Waals surface area contributed by atoms with E-state index in [9.17, 15) is 9.59 Å². The Morgan fingerprint density at radius 1 is 0.929 bits per heavy atom. The van der Waals surface area contributed by atoms with Crippen LogP contribution in [0.3, 0.4) is 0 Å². The molecule has 2 amide bonds. The first-order valence-corrected chi connectivity index (χ1v) is 10.0. The number of hydrogen-bond acceptors (Lipinski definition) is 3. The minimum atomic E-state index is -0.259. The Hall–Kier alpha value is -2.82. The third kappa shape index (κ3) is 5.12. The van der Waals surface area contributed by atoms with Crippen LogP contribution in [0.15, 0.2) is 48.5 Å². The van der Waals surface area contributed by atoms with Crippen molar-refractivity contribution in [3.05, 3.63) is 59.7 Å². The lowest BCUT2D eigenvalue weighted by atomic mass is 10.1. The number of amides is 2.